The Morgan fingerprint density at radius 3 is 1.66 bits per heavy atom. The van der Waals surface area contributed by atoms with E-state index < -0.39 is 0 Å². The van der Waals surface area contributed by atoms with Crippen molar-refractivity contribution in [2.75, 3.05) is 0 Å². The summed E-state index contributed by atoms with van der Waals surface area (Å²) in [5.74, 6) is 0.973. The molecule has 0 bridgehead atoms. The van der Waals surface area contributed by atoms with Crippen molar-refractivity contribution in [2.45, 2.75) is 95.0 Å². The van der Waals surface area contributed by atoms with E-state index in [1.165, 1.54) is 97.2 Å². The number of hydrogen-bond donors (Lipinski definition) is 0. The highest BCUT2D eigenvalue weighted by Crippen LogP contribution is 2.26. The van der Waals surface area contributed by atoms with Gasteiger partial charge in [0.25, 0.3) is 0 Å². The standard InChI is InChI=1S/C9H9N.2C9H8O.2C9H8S.4C8H8N2/c1-7-9-5-3-2-4-8(9)6-10-7;1-7-6-10-9-5-3-2-4-8(7)9;1-7-6-8-4-2-3-5-9(8)10-7;1-7-6-10-9-5-3-2-4-8(7)9;1-7-6-8-4-2-3-5-9(8)10-7;1-6-8-2-3-9-4-7(8)5-10-6;1-6-8-5-9-3-2-7(8)4-10-6;1-6-7-3-2-4-9-8(7)5-10-6;1-6-8-7(5-10-6)3-2-4-9-8/h2-5H,6H2,1H3;4*2-6H,1H3;2-4H,5H2,1H3;2-3,5H,4H2,1H3;2*2-4H,5H2,1H3. The van der Waals surface area contributed by atoms with Gasteiger partial charge < -0.3 is 8.83 Å². The smallest absolute Gasteiger partial charge is 0.134 e. The number of aliphatic imine (C=N–C) groups is 5. The average molecular weight is 1220 g/mol. The minimum atomic E-state index is 0.766. The molecule has 13 aromatic rings. The van der Waals surface area contributed by atoms with Crippen LogP contribution < -0.4 is 0 Å². The van der Waals surface area contributed by atoms with Crippen molar-refractivity contribution in [3.05, 3.63) is 296 Å². The Kier molecular flexibility index (Phi) is 21.6. The number of benzene rings is 5. The molecule has 90 heavy (non-hydrogen) atoms. The van der Waals surface area contributed by atoms with Crippen LogP contribution in [-0.4, -0.2) is 48.5 Å². The molecule has 13 heteroatoms. The third-order valence-electron chi connectivity index (χ3n) is 15.4. The Labute approximate surface area is 535 Å². The van der Waals surface area contributed by atoms with Gasteiger partial charge in [0.15, 0.2) is 0 Å². The summed E-state index contributed by atoms with van der Waals surface area (Å²) in [6, 6.07) is 57.7. The molecule has 0 aliphatic carbocycles. The Bertz CT molecular complexity index is 4150. The van der Waals surface area contributed by atoms with E-state index in [0.29, 0.717) is 0 Å². The maximum absolute atomic E-state index is 5.37. The maximum Gasteiger partial charge on any atom is 0.134 e. The molecule has 450 valence electrons. The maximum atomic E-state index is 5.37. The molecule has 0 N–H and O–H groups in total. The summed E-state index contributed by atoms with van der Waals surface area (Å²) in [5, 5.41) is 7.35. The Balaban J connectivity index is 0.000000111. The number of para-hydroxylation sites is 2. The minimum Gasteiger partial charge on any atom is -0.464 e. The van der Waals surface area contributed by atoms with Gasteiger partial charge in [-0.05, 0) is 167 Å². The van der Waals surface area contributed by atoms with Crippen LogP contribution in [0.25, 0.3) is 42.1 Å². The molecule has 0 radical (unpaired) electrons. The monoisotopic (exact) mass is 1220 g/mol. The van der Waals surface area contributed by atoms with E-state index in [2.05, 4.69) is 168 Å². The third-order valence-corrected chi connectivity index (χ3v) is 17.5. The highest BCUT2D eigenvalue weighted by molar-refractivity contribution is 7.19. The van der Waals surface area contributed by atoms with Crippen LogP contribution in [0.4, 0.5) is 0 Å². The number of nitrogens with zero attached hydrogens (tertiary/aromatic N) is 9. The van der Waals surface area contributed by atoms with Crippen LogP contribution >= 0.6 is 22.7 Å². The number of fused-ring (bicyclic) bond motifs is 9. The van der Waals surface area contributed by atoms with Gasteiger partial charge in [-0.3, -0.25) is 44.9 Å². The molecular formula is C77H73N9O2S2. The third kappa shape index (κ3) is 16.4. The first-order valence-electron chi connectivity index (χ1n) is 30.0. The number of aromatic nitrogens is 4. The van der Waals surface area contributed by atoms with Crippen LogP contribution in [0.5, 0.6) is 0 Å². The Hall–Kier alpha value is -9.95. The number of rotatable bonds is 0. The van der Waals surface area contributed by atoms with E-state index in [4.69, 9.17) is 8.83 Å². The lowest BCUT2D eigenvalue weighted by molar-refractivity contribution is 0.578. The molecule has 5 aliphatic heterocycles. The van der Waals surface area contributed by atoms with Crippen LogP contribution in [0.1, 0.15) is 112 Å². The molecule has 0 saturated heterocycles. The molecule has 0 atom stereocenters. The Morgan fingerprint density at radius 1 is 0.389 bits per heavy atom. The van der Waals surface area contributed by atoms with E-state index in [9.17, 15) is 0 Å². The summed E-state index contributed by atoms with van der Waals surface area (Å²) < 4.78 is 13.4. The van der Waals surface area contributed by atoms with Crippen LogP contribution in [0.3, 0.4) is 0 Å². The first kappa shape index (κ1) is 63.1. The van der Waals surface area contributed by atoms with Gasteiger partial charge in [0, 0.05) is 118 Å². The number of hydrogen-bond acceptors (Lipinski definition) is 13. The van der Waals surface area contributed by atoms with E-state index in [1.807, 2.05) is 174 Å². The molecule has 18 rings (SSSR count). The molecule has 0 spiro atoms. The zero-order valence-electron chi connectivity index (χ0n) is 52.5. The van der Waals surface area contributed by atoms with Gasteiger partial charge in [0.2, 0.25) is 0 Å². The SMILES string of the molecule is CC1=NCc2ccccc21.CC1=NCc2cccnc21.CC1=NCc2ccncc21.CC1=NCc2cnccc21.CC1=NCc2ncccc21.Cc1cc2ccccc2o1.Cc1cc2ccccc2s1.Cc1coc2ccccc12.Cc1csc2ccccc12. The molecule has 5 aromatic carbocycles. The molecule has 8 aromatic heterocycles. The van der Waals surface area contributed by atoms with Gasteiger partial charge in [-0.15, -0.1) is 22.7 Å². The lowest BCUT2D eigenvalue weighted by Crippen LogP contribution is -1.94. The van der Waals surface area contributed by atoms with Crippen molar-refractivity contribution in [3.8, 4) is 0 Å². The van der Waals surface area contributed by atoms with Gasteiger partial charge in [-0.2, -0.15) is 0 Å². The summed E-state index contributed by atoms with van der Waals surface area (Å²) in [5.41, 5.74) is 22.5. The largest absolute Gasteiger partial charge is 0.464 e. The zero-order valence-corrected chi connectivity index (χ0v) is 54.1. The first-order chi connectivity index (χ1) is 43.9. The van der Waals surface area contributed by atoms with Crippen molar-refractivity contribution in [1.82, 2.24) is 19.9 Å². The Morgan fingerprint density at radius 2 is 0.944 bits per heavy atom. The second-order valence-corrected chi connectivity index (χ2v) is 24.1. The van der Waals surface area contributed by atoms with Crippen molar-refractivity contribution < 1.29 is 8.83 Å². The number of furan rings is 2. The lowest BCUT2D eigenvalue weighted by Gasteiger charge is -1.94. The van der Waals surface area contributed by atoms with Crippen LogP contribution in [0, 0.1) is 27.7 Å². The highest BCUT2D eigenvalue weighted by atomic mass is 32.1. The summed E-state index contributed by atoms with van der Waals surface area (Å²) in [7, 11) is 0. The van der Waals surface area contributed by atoms with Gasteiger partial charge in [-0.1, -0.05) is 103 Å². The van der Waals surface area contributed by atoms with E-state index in [1.54, 1.807) is 6.26 Å². The second kappa shape index (κ2) is 30.8. The highest BCUT2D eigenvalue weighted by Gasteiger charge is 2.14. The minimum absolute atomic E-state index is 0.766. The van der Waals surface area contributed by atoms with Crippen LogP contribution in [0.2, 0.25) is 0 Å². The molecule has 11 nitrogen and oxygen atoms in total. The molecule has 0 unspecified atom stereocenters. The van der Waals surface area contributed by atoms with Crippen molar-refractivity contribution >= 4 is 93.3 Å². The summed E-state index contributed by atoms with van der Waals surface area (Å²) in [4.78, 5) is 39.2. The molecule has 13 heterocycles. The number of pyridine rings is 4. The van der Waals surface area contributed by atoms with Gasteiger partial charge >= 0.3 is 0 Å². The summed E-state index contributed by atoms with van der Waals surface area (Å²) >= 11 is 3.67. The predicted octanol–water partition coefficient (Wildman–Crippen LogP) is 19.5. The topological polar surface area (TPSA) is 140 Å². The van der Waals surface area contributed by atoms with E-state index in [0.717, 1.165) is 83.9 Å². The van der Waals surface area contributed by atoms with Gasteiger partial charge in [0.05, 0.1) is 56.1 Å². The molecule has 0 amide bonds. The average Bonchev–Trinajstić information content (AvgIpc) is 4.31. The van der Waals surface area contributed by atoms with Gasteiger partial charge in [0.1, 0.15) is 16.9 Å². The number of aryl methyl sites for hydroxylation is 4. The van der Waals surface area contributed by atoms with Gasteiger partial charge in [-0.25, -0.2) is 0 Å². The number of thiophene rings is 2. The fourth-order valence-corrected chi connectivity index (χ4v) is 12.3. The molecule has 0 saturated carbocycles. The van der Waals surface area contributed by atoms with E-state index >= 15 is 0 Å². The summed E-state index contributed by atoms with van der Waals surface area (Å²) in [6.07, 6.45) is 12.8. The van der Waals surface area contributed by atoms with E-state index in [-0.39, 0.29) is 0 Å². The van der Waals surface area contributed by atoms with Crippen LogP contribution in [-0.2, 0) is 32.7 Å². The fraction of sp³-hybridized carbons (Fsp3) is 0.182. The molecular weight excluding hydrogens is 1150 g/mol. The molecule has 0 fully saturated rings. The first-order valence-corrected chi connectivity index (χ1v) is 31.7. The lowest BCUT2D eigenvalue weighted by atomic mass is 10.1. The van der Waals surface area contributed by atoms with Crippen molar-refractivity contribution in [2.24, 2.45) is 25.0 Å². The predicted molar refractivity (Wildman–Crippen MR) is 378 cm³/mol. The van der Waals surface area contributed by atoms with Crippen molar-refractivity contribution in [3.63, 3.8) is 0 Å². The van der Waals surface area contributed by atoms with Crippen LogP contribution in [0.15, 0.2) is 252 Å². The quantitative estimate of drug-likeness (QED) is 0.148. The fourth-order valence-electron chi connectivity index (χ4n) is 10.5. The van der Waals surface area contributed by atoms with Crippen molar-refractivity contribution in [1.29, 1.82) is 0 Å². The summed E-state index contributed by atoms with van der Waals surface area (Å²) in [6.45, 7) is 22.5. The molecule has 5 aliphatic rings. The zero-order chi connectivity index (χ0) is 62.8. The second-order valence-electron chi connectivity index (χ2n) is 21.9. The normalized spacial score (nSPS) is 12.8.